The van der Waals surface area contributed by atoms with Crippen molar-refractivity contribution < 1.29 is 4.79 Å². The summed E-state index contributed by atoms with van der Waals surface area (Å²) in [5, 5.41) is 0. The third-order valence-corrected chi connectivity index (χ3v) is 4.56. The second kappa shape index (κ2) is 8.39. The number of para-hydroxylation sites is 1. The number of aromatic nitrogens is 1. The molecule has 0 N–H and O–H groups in total. The standard InChI is InChI=1S/C22H25N3O/c1-23(20-12-7-4-8-13-20)16-17-24(2)22(26)21-14-9-15-25(21)18-19-10-5-3-6-11-19/h3-15H,16-18H2,1-2H3. The average molecular weight is 347 g/mol. The molecule has 0 aliphatic carbocycles. The van der Waals surface area contributed by atoms with Gasteiger partial charge in [0.1, 0.15) is 5.69 Å². The van der Waals surface area contributed by atoms with E-state index in [1.807, 2.05) is 73.4 Å². The first-order valence-corrected chi connectivity index (χ1v) is 8.86. The summed E-state index contributed by atoms with van der Waals surface area (Å²) in [6.07, 6.45) is 1.96. The molecule has 0 saturated carbocycles. The van der Waals surface area contributed by atoms with E-state index in [1.54, 1.807) is 4.90 Å². The SMILES string of the molecule is CN(CCN(C)c1ccccc1)C(=O)c1cccn1Cc1ccccc1. The molecule has 26 heavy (non-hydrogen) atoms. The lowest BCUT2D eigenvalue weighted by atomic mass is 10.2. The number of amides is 1. The number of carbonyl (C=O) groups is 1. The van der Waals surface area contributed by atoms with Crippen LogP contribution in [0.4, 0.5) is 5.69 Å². The van der Waals surface area contributed by atoms with Crippen LogP contribution >= 0.6 is 0 Å². The molecule has 0 aliphatic rings. The highest BCUT2D eigenvalue weighted by molar-refractivity contribution is 5.92. The van der Waals surface area contributed by atoms with Gasteiger partial charge in [-0.15, -0.1) is 0 Å². The van der Waals surface area contributed by atoms with Crippen LogP contribution in [0.2, 0.25) is 0 Å². The molecule has 4 nitrogen and oxygen atoms in total. The predicted octanol–water partition coefficient (Wildman–Crippen LogP) is 3.74. The van der Waals surface area contributed by atoms with Gasteiger partial charge in [-0.1, -0.05) is 48.5 Å². The minimum Gasteiger partial charge on any atom is -0.373 e. The van der Waals surface area contributed by atoms with Gasteiger partial charge in [0.15, 0.2) is 0 Å². The molecule has 0 unspecified atom stereocenters. The van der Waals surface area contributed by atoms with E-state index in [2.05, 4.69) is 29.2 Å². The van der Waals surface area contributed by atoms with Gasteiger partial charge in [0.25, 0.3) is 5.91 Å². The molecule has 1 heterocycles. The molecule has 0 radical (unpaired) electrons. The van der Waals surface area contributed by atoms with E-state index in [1.165, 1.54) is 5.56 Å². The molecular weight excluding hydrogens is 322 g/mol. The van der Waals surface area contributed by atoms with Crippen molar-refractivity contribution >= 4 is 11.6 Å². The summed E-state index contributed by atoms with van der Waals surface area (Å²) in [7, 11) is 3.91. The summed E-state index contributed by atoms with van der Waals surface area (Å²) < 4.78 is 2.01. The van der Waals surface area contributed by atoms with E-state index >= 15 is 0 Å². The molecule has 0 aliphatic heterocycles. The zero-order chi connectivity index (χ0) is 18.4. The van der Waals surface area contributed by atoms with Gasteiger partial charge < -0.3 is 14.4 Å². The first-order valence-electron chi connectivity index (χ1n) is 8.86. The Morgan fingerprint density at radius 3 is 2.19 bits per heavy atom. The summed E-state index contributed by atoms with van der Waals surface area (Å²) in [6.45, 7) is 2.15. The molecule has 2 aromatic carbocycles. The molecule has 1 amide bonds. The van der Waals surface area contributed by atoms with Crippen LogP contribution in [0.3, 0.4) is 0 Å². The Balaban J connectivity index is 1.61. The van der Waals surface area contributed by atoms with Gasteiger partial charge in [-0.3, -0.25) is 4.79 Å². The Morgan fingerprint density at radius 2 is 1.50 bits per heavy atom. The first-order chi connectivity index (χ1) is 12.6. The van der Waals surface area contributed by atoms with Crippen LogP contribution in [0.15, 0.2) is 79.0 Å². The Bertz CT molecular complexity index is 827. The van der Waals surface area contributed by atoms with Crippen molar-refractivity contribution in [2.45, 2.75) is 6.54 Å². The highest BCUT2D eigenvalue weighted by atomic mass is 16.2. The van der Waals surface area contributed by atoms with Crippen LogP contribution in [0, 0.1) is 0 Å². The van der Waals surface area contributed by atoms with Crippen LogP contribution < -0.4 is 4.90 Å². The topological polar surface area (TPSA) is 28.5 Å². The average Bonchev–Trinajstić information content (AvgIpc) is 3.14. The Kier molecular flexibility index (Phi) is 5.74. The Morgan fingerprint density at radius 1 is 0.846 bits per heavy atom. The molecule has 4 heteroatoms. The number of nitrogens with zero attached hydrogens (tertiary/aromatic N) is 3. The highest BCUT2D eigenvalue weighted by Crippen LogP contribution is 2.12. The van der Waals surface area contributed by atoms with E-state index < -0.39 is 0 Å². The second-order valence-corrected chi connectivity index (χ2v) is 6.49. The number of likely N-dealkylation sites (N-methyl/N-ethyl adjacent to an activating group) is 2. The summed E-state index contributed by atoms with van der Waals surface area (Å²) in [6, 6.07) is 24.2. The van der Waals surface area contributed by atoms with Gasteiger partial charge in [0.05, 0.1) is 0 Å². The fraction of sp³-hybridized carbons (Fsp3) is 0.227. The van der Waals surface area contributed by atoms with Crippen molar-refractivity contribution in [3.63, 3.8) is 0 Å². The fourth-order valence-electron chi connectivity index (χ4n) is 2.93. The van der Waals surface area contributed by atoms with Crippen LogP contribution in [0.25, 0.3) is 0 Å². The number of benzene rings is 2. The van der Waals surface area contributed by atoms with Crippen LogP contribution in [0.1, 0.15) is 16.1 Å². The summed E-state index contributed by atoms with van der Waals surface area (Å²) >= 11 is 0. The van der Waals surface area contributed by atoms with Crippen molar-refractivity contribution in [3.8, 4) is 0 Å². The highest BCUT2D eigenvalue weighted by Gasteiger charge is 2.16. The molecule has 0 bridgehead atoms. The maximum absolute atomic E-state index is 12.9. The molecule has 3 aromatic rings. The van der Waals surface area contributed by atoms with Gasteiger partial charge in [0.2, 0.25) is 0 Å². The summed E-state index contributed by atoms with van der Waals surface area (Å²) in [4.78, 5) is 16.8. The van der Waals surface area contributed by atoms with Gasteiger partial charge in [-0.25, -0.2) is 0 Å². The third kappa shape index (κ3) is 4.33. The third-order valence-electron chi connectivity index (χ3n) is 4.56. The lowest BCUT2D eigenvalue weighted by Crippen LogP contribution is -2.35. The van der Waals surface area contributed by atoms with Crippen molar-refractivity contribution in [2.75, 3.05) is 32.1 Å². The van der Waals surface area contributed by atoms with Crippen LogP contribution in [-0.2, 0) is 6.54 Å². The fourth-order valence-corrected chi connectivity index (χ4v) is 2.93. The van der Waals surface area contributed by atoms with E-state index in [-0.39, 0.29) is 5.91 Å². The Labute approximate surface area is 155 Å². The van der Waals surface area contributed by atoms with Crippen molar-refractivity contribution in [1.29, 1.82) is 0 Å². The minimum atomic E-state index is 0.0485. The number of rotatable bonds is 7. The number of carbonyl (C=O) groups excluding carboxylic acids is 1. The van der Waals surface area contributed by atoms with Crippen molar-refractivity contribution in [1.82, 2.24) is 9.47 Å². The maximum atomic E-state index is 12.9. The Hall–Kier alpha value is -3.01. The summed E-state index contributed by atoms with van der Waals surface area (Å²) in [5.74, 6) is 0.0485. The molecule has 0 spiro atoms. The number of hydrogen-bond donors (Lipinski definition) is 0. The van der Waals surface area contributed by atoms with Gasteiger partial charge >= 0.3 is 0 Å². The lowest BCUT2D eigenvalue weighted by molar-refractivity contribution is 0.0788. The van der Waals surface area contributed by atoms with Crippen LogP contribution in [-0.4, -0.2) is 42.6 Å². The van der Waals surface area contributed by atoms with Crippen molar-refractivity contribution in [2.24, 2.45) is 0 Å². The van der Waals surface area contributed by atoms with Crippen molar-refractivity contribution in [3.05, 3.63) is 90.3 Å². The molecule has 0 saturated heterocycles. The monoisotopic (exact) mass is 347 g/mol. The van der Waals surface area contributed by atoms with Gasteiger partial charge in [-0.05, 0) is 29.8 Å². The first kappa shape index (κ1) is 17.8. The van der Waals surface area contributed by atoms with E-state index in [0.29, 0.717) is 13.1 Å². The smallest absolute Gasteiger partial charge is 0.270 e. The molecule has 0 atom stereocenters. The lowest BCUT2D eigenvalue weighted by Gasteiger charge is -2.24. The van der Waals surface area contributed by atoms with E-state index in [0.717, 1.165) is 17.9 Å². The molecule has 1 aromatic heterocycles. The largest absolute Gasteiger partial charge is 0.373 e. The number of hydrogen-bond acceptors (Lipinski definition) is 2. The predicted molar refractivity (Wildman–Crippen MR) is 107 cm³/mol. The molecule has 0 fully saturated rings. The normalized spacial score (nSPS) is 10.5. The van der Waals surface area contributed by atoms with Gasteiger partial charge in [0, 0.05) is 45.6 Å². The zero-order valence-corrected chi connectivity index (χ0v) is 15.4. The molecular formula is C22H25N3O. The van der Waals surface area contributed by atoms with Crippen LogP contribution in [0.5, 0.6) is 0 Å². The quantitative estimate of drug-likeness (QED) is 0.651. The molecule has 3 rings (SSSR count). The minimum absolute atomic E-state index is 0.0485. The maximum Gasteiger partial charge on any atom is 0.270 e. The molecule has 134 valence electrons. The van der Waals surface area contributed by atoms with Gasteiger partial charge in [-0.2, -0.15) is 0 Å². The second-order valence-electron chi connectivity index (χ2n) is 6.49. The zero-order valence-electron chi connectivity index (χ0n) is 15.4. The summed E-state index contributed by atoms with van der Waals surface area (Å²) in [5.41, 5.74) is 3.06. The van der Waals surface area contributed by atoms with E-state index in [4.69, 9.17) is 0 Å². The van der Waals surface area contributed by atoms with E-state index in [9.17, 15) is 4.79 Å². The number of anilines is 1.